The summed E-state index contributed by atoms with van der Waals surface area (Å²) in [6, 6.07) is 16.9. The van der Waals surface area contributed by atoms with Crippen LogP contribution in [0.15, 0.2) is 60.8 Å². The van der Waals surface area contributed by atoms with Gasteiger partial charge in [0.25, 0.3) is 0 Å². The minimum Gasteiger partial charge on any atom is -0.317 e. The molecule has 31 heavy (non-hydrogen) atoms. The predicted octanol–water partition coefficient (Wildman–Crippen LogP) is 5.26. The highest BCUT2D eigenvalue weighted by Gasteiger charge is 2.24. The molecule has 1 aliphatic heterocycles. The molecule has 0 saturated carbocycles. The summed E-state index contributed by atoms with van der Waals surface area (Å²) in [7, 11) is 0. The summed E-state index contributed by atoms with van der Waals surface area (Å²) in [5.74, 6) is 0.182. The molecule has 1 radical (unpaired) electrons. The van der Waals surface area contributed by atoms with Gasteiger partial charge in [0.1, 0.15) is 5.82 Å². The van der Waals surface area contributed by atoms with E-state index in [1.54, 1.807) is 23.5 Å². The molecule has 1 N–H and O–H groups in total. The molecule has 0 amide bonds. The van der Waals surface area contributed by atoms with Crippen LogP contribution < -0.4 is 5.32 Å². The second-order valence-electron chi connectivity index (χ2n) is 7.77. The molecule has 4 aromatic rings. The summed E-state index contributed by atoms with van der Waals surface area (Å²) in [6.07, 6.45) is 7.49. The van der Waals surface area contributed by atoms with Crippen LogP contribution in [0.5, 0.6) is 0 Å². The van der Waals surface area contributed by atoms with Gasteiger partial charge >= 0.3 is 0 Å². The predicted molar refractivity (Wildman–Crippen MR) is 121 cm³/mol. The molecular formula is C25H22FN4S. The summed E-state index contributed by atoms with van der Waals surface area (Å²) < 4.78 is 13.6. The highest BCUT2D eigenvalue weighted by Crippen LogP contribution is 2.41. The van der Waals surface area contributed by atoms with E-state index >= 15 is 0 Å². The van der Waals surface area contributed by atoms with E-state index in [1.165, 1.54) is 17.7 Å². The Morgan fingerprint density at radius 2 is 1.77 bits per heavy atom. The topological polar surface area (TPSA) is 50.7 Å². The Labute approximate surface area is 185 Å². The highest BCUT2D eigenvalue weighted by atomic mass is 32.1. The average Bonchev–Trinajstić information content (AvgIpc) is 3.26. The van der Waals surface area contributed by atoms with Gasteiger partial charge in [-0.15, -0.1) is 11.3 Å². The Balaban J connectivity index is 1.61. The Hall–Kier alpha value is -2.96. The molecule has 155 valence electrons. The van der Waals surface area contributed by atoms with Crippen molar-refractivity contribution in [3.05, 3.63) is 89.1 Å². The number of halogens is 1. The van der Waals surface area contributed by atoms with E-state index in [0.29, 0.717) is 5.92 Å². The number of benzene rings is 2. The highest BCUT2D eigenvalue weighted by molar-refractivity contribution is 7.15. The van der Waals surface area contributed by atoms with Crippen molar-refractivity contribution in [2.75, 3.05) is 13.1 Å². The van der Waals surface area contributed by atoms with Crippen LogP contribution in [-0.2, 0) is 6.42 Å². The van der Waals surface area contributed by atoms with Crippen LogP contribution in [0.25, 0.3) is 21.8 Å². The van der Waals surface area contributed by atoms with Crippen molar-refractivity contribution in [3.8, 4) is 21.8 Å². The normalized spacial score (nSPS) is 14.6. The summed E-state index contributed by atoms with van der Waals surface area (Å²) in [6.45, 7) is 2.01. The van der Waals surface area contributed by atoms with Gasteiger partial charge < -0.3 is 5.32 Å². The van der Waals surface area contributed by atoms with E-state index in [4.69, 9.17) is 4.98 Å². The van der Waals surface area contributed by atoms with Crippen molar-refractivity contribution in [3.63, 3.8) is 0 Å². The largest absolute Gasteiger partial charge is 0.317 e. The summed E-state index contributed by atoms with van der Waals surface area (Å²) in [5, 5.41) is 4.55. The zero-order chi connectivity index (χ0) is 21.0. The van der Waals surface area contributed by atoms with E-state index in [0.717, 1.165) is 64.8 Å². The van der Waals surface area contributed by atoms with Crippen molar-refractivity contribution < 1.29 is 4.39 Å². The third kappa shape index (κ3) is 4.40. The molecule has 0 bridgehead atoms. The SMILES string of the molecule is Fc1ccc(-c2nc(C3CCNCC3)sc2-c2n[c]ncc2Cc2ccccc2)cc1. The number of nitrogens with zero attached hydrogens (tertiary/aromatic N) is 3. The van der Waals surface area contributed by atoms with E-state index < -0.39 is 0 Å². The maximum Gasteiger partial charge on any atom is 0.198 e. The number of rotatable bonds is 5. The van der Waals surface area contributed by atoms with Gasteiger partial charge in [-0.05, 0) is 55.8 Å². The summed E-state index contributed by atoms with van der Waals surface area (Å²) >= 11 is 1.70. The first-order chi connectivity index (χ1) is 15.3. The van der Waals surface area contributed by atoms with Crippen molar-refractivity contribution in [1.82, 2.24) is 20.3 Å². The van der Waals surface area contributed by atoms with Gasteiger partial charge in [-0.1, -0.05) is 30.3 Å². The van der Waals surface area contributed by atoms with Crippen molar-refractivity contribution in [2.45, 2.75) is 25.2 Å². The third-order valence-corrected chi connectivity index (χ3v) is 6.87. The van der Waals surface area contributed by atoms with Gasteiger partial charge in [-0.2, -0.15) is 0 Å². The minimum atomic E-state index is -0.251. The maximum atomic E-state index is 13.6. The Morgan fingerprint density at radius 3 is 2.55 bits per heavy atom. The molecule has 4 nitrogen and oxygen atoms in total. The lowest BCUT2D eigenvalue weighted by atomic mass is 9.99. The standard InChI is InChI=1S/C25H22FN4S/c26-21-8-6-18(7-9-21)23-24(31-25(30-23)19-10-12-27-13-11-19)22-20(15-28-16-29-22)14-17-4-2-1-3-5-17/h1-9,15,19,27H,10-14H2. The monoisotopic (exact) mass is 429 g/mol. The zero-order valence-corrected chi connectivity index (χ0v) is 17.8. The first kappa shape index (κ1) is 20.0. The number of hydrogen-bond donors (Lipinski definition) is 1. The lowest BCUT2D eigenvalue weighted by Crippen LogP contribution is -2.26. The second kappa shape index (κ2) is 9.04. The molecule has 0 spiro atoms. The lowest BCUT2D eigenvalue weighted by molar-refractivity contribution is 0.459. The van der Waals surface area contributed by atoms with E-state index in [9.17, 15) is 4.39 Å². The van der Waals surface area contributed by atoms with Gasteiger partial charge in [0.15, 0.2) is 6.33 Å². The molecule has 2 aromatic heterocycles. The van der Waals surface area contributed by atoms with Gasteiger partial charge in [0.2, 0.25) is 0 Å². The first-order valence-corrected chi connectivity index (χ1v) is 11.3. The van der Waals surface area contributed by atoms with Gasteiger partial charge in [-0.25, -0.2) is 19.3 Å². The average molecular weight is 430 g/mol. The van der Waals surface area contributed by atoms with Crippen LogP contribution in [0, 0.1) is 12.1 Å². The van der Waals surface area contributed by atoms with Crippen molar-refractivity contribution >= 4 is 11.3 Å². The van der Waals surface area contributed by atoms with E-state index in [2.05, 4.69) is 33.7 Å². The van der Waals surface area contributed by atoms with Gasteiger partial charge in [0.05, 0.1) is 21.3 Å². The molecule has 0 unspecified atom stereocenters. The molecule has 1 fully saturated rings. The number of thiazole rings is 1. The quantitative estimate of drug-likeness (QED) is 0.470. The molecule has 5 rings (SSSR count). The molecule has 2 aromatic carbocycles. The number of hydrogen-bond acceptors (Lipinski definition) is 5. The molecule has 0 atom stereocenters. The fourth-order valence-electron chi connectivity index (χ4n) is 4.00. The van der Waals surface area contributed by atoms with Crippen LogP contribution >= 0.6 is 11.3 Å². The smallest absolute Gasteiger partial charge is 0.198 e. The maximum absolute atomic E-state index is 13.6. The third-order valence-electron chi connectivity index (χ3n) is 5.65. The minimum absolute atomic E-state index is 0.251. The Bertz CT molecular complexity index is 1150. The van der Waals surface area contributed by atoms with Crippen LogP contribution in [0.3, 0.4) is 0 Å². The van der Waals surface area contributed by atoms with E-state index in [1.807, 2.05) is 24.4 Å². The fraction of sp³-hybridized carbons (Fsp3) is 0.240. The van der Waals surface area contributed by atoms with Crippen molar-refractivity contribution in [1.29, 1.82) is 0 Å². The molecule has 1 aliphatic rings. The van der Waals surface area contributed by atoms with Gasteiger partial charge in [-0.3, -0.25) is 0 Å². The fourth-order valence-corrected chi connectivity index (χ4v) is 5.29. The molecule has 1 saturated heterocycles. The summed E-state index contributed by atoms with van der Waals surface area (Å²) in [5.41, 5.74) is 4.85. The molecule has 3 heterocycles. The van der Waals surface area contributed by atoms with Crippen LogP contribution in [0.4, 0.5) is 4.39 Å². The van der Waals surface area contributed by atoms with Crippen LogP contribution in [-0.4, -0.2) is 28.0 Å². The number of piperidine rings is 1. The first-order valence-electron chi connectivity index (χ1n) is 10.5. The van der Waals surface area contributed by atoms with Gasteiger partial charge in [0, 0.05) is 29.7 Å². The zero-order valence-electron chi connectivity index (χ0n) is 17.0. The lowest BCUT2D eigenvalue weighted by Gasteiger charge is -2.20. The molecular weight excluding hydrogens is 407 g/mol. The van der Waals surface area contributed by atoms with Crippen molar-refractivity contribution in [2.24, 2.45) is 0 Å². The van der Waals surface area contributed by atoms with Crippen LogP contribution in [0.1, 0.15) is 34.9 Å². The Kier molecular flexibility index (Phi) is 5.82. The summed E-state index contributed by atoms with van der Waals surface area (Å²) in [4.78, 5) is 14.8. The van der Waals surface area contributed by atoms with E-state index in [-0.39, 0.29) is 5.82 Å². The second-order valence-corrected chi connectivity index (χ2v) is 8.80. The molecule has 0 aliphatic carbocycles. The Morgan fingerprint density at radius 1 is 1.00 bits per heavy atom. The van der Waals surface area contributed by atoms with Crippen LogP contribution in [0.2, 0.25) is 0 Å². The molecule has 6 heteroatoms. The number of aromatic nitrogens is 3. The number of nitrogens with one attached hydrogen (secondary N) is 1.